The number of allylic oxidation sites excluding steroid dienone is 5. The third-order valence-corrected chi connectivity index (χ3v) is 8.64. The minimum Gasteiger partial charge on any atom is -0.657 e. The van der Waals surface area contributed by atoms with Gasteiger partial charge in [0.2, 0.25) is 0 Å². The molecule has 0 aliphatic carbocycles. The van der Waals surface area contributed by atoms with Crippen LogP contribution in [0.1, 0.15) is 72.6 Å². The average Bonchev–Trinajstić information content (AvgIpc) is 3.53. The first-order valence-corrected chi connectivity index (χ1v) is 13.8. The van der Waals surface area contributed by atoms with E-state index in [1.807, 2.05) is 31.2 Å². The van der Waals surface area contributed by atoms with Gasteiger partial charge in [-0.2, -0.15) is 0 Å². The van der Waals surface area contributed by atoms with Gasteiger partial charge in [-0.3, -0.25) is 0 Å². The summed E-state index contributed by atoms with van der Waals surface area (Å²) in [7, 11) is 0. The van der Waals surface area contributed by atoms with Gasteiger partial charge in [-0.05, 0) is 87.1 Å². The summed E-state index contributed by atoms with van der Waals surface area (Å²) in [5.41, 5.74) is 13.8. The molecule has 0 amide bonds. The van der Waals surface area contributed by atoms with Crippen LogP contribution in [-0.2, 0) is 25.9 Å². The van der Waals surface area contributed by atoms with E-state index in [1.54, 1.807) is 0 Å². The van der Waals surface area contributed by atoms with Crippen molar-refractivity contribution in [2.45, 2.75) is 58.3 Å². The standard InChI is InChI=1S/C32H32N4S2.Rh/c1-7-9-11-21-17(3)23-13-25-19(5)31(37)30(35-25)15-26-20(6)32(38)29(36-26)14-24-18(4)22(12-10-8-2)28(34-24)16-27(21)33-23;/h7-8,13-16H,1-2,9-12H2,3-6H3,(H2-2,33,34,35,36,37,38);/q-2;+2. The first-order chi connectivity index (χ1) is 18.2. The molecule has 0 saturated carbocycles. The molecule has 0 fully saturated rings. The van der Waals surface area contributed by atoms with Crippen molar-refractivity contribution in [3.8, 4) is 0 Å². The minimum absolute atomic E-state index is 0. The summed E-state index contributed by atoms with van der Waals surface area (Å²) in [6, 6.07) is 8.26. The average molecular weight is 640 g/mol. The first-order valence-electron chi connectivity index (χ1n) is 12.9. The number of aromatic nitrogens is 4. The van der Waals surface area contributed by atoms with E-state index in [-0.39, 0.29) is 19.5 Å². The number of hydrogen-bond donors (Lipinski definition) is 2. The Morgan fingerprint density at radius 2 is 1.23 bits per heavy atom. The number of rotatable bonds is 6. The van der Waals surface area contributed by atoms with E-state index in [0.717, 1.165) is 103 Å². The molecule has 0 atom stereocenters. The Morgan fingerprint density at radius 3 is 1.95 bits per heavy atom. The fourth-order valence-electron chi connectivity index (χ4n) is 5.06. The van der Waals surface area contributed by atoms with Crippen LogP contribution in [0.2, 0.25) is 0 Å². The van der Waals surface area contributed by atoms with E-state index >= 15 is 0 Å². The Labute approximate surface area is 254 Å². The van der Waals surface area contributed by atoms with E-state index < -0.39 is 0 Å². The maximum absolute atomic E-state index is 5.11. The maximum Gasteiger partial charge on any atom is 2.00 e. The van der Waals surface area contributed by atoms with Gasteiger partial charge in [0.05, 0.1) is 22.8 Å². The van der Waals surface area contributed by atoms with Crippen LogP contribution in [0.5, 0.6) is 0 Å². The molecule has 2 aliphatic rings. The second-order valence-electron chi connectivity index (χ2n) is 9.92. The number of fused-ring (bicyclic) bond motifs is 8. The zero-order valence-electron chi connectivity index (χ0n) is 22.7. The molecule has 0 unspecified atom stereocenters. The summed E-state index contributed by atoms with van der Waals surface area (Å²) in [4.78, 5) is 21.8. The molecule has 2 aliphatic heterocycles. The first kappa shape index (κ1) is 29.4. The molecular weight excluding hydrogens is 607 g/mol. The van der Waals surface area contributed by atoms with Gasteiger partial charge in [-0.1, -0.05) is 41.0 Å². The van der Waals surface area contributed by atoms with Gasteiger partial charge in [-0.25, -0.2) is 9.97 Å². The van der Waals surface area contributed by atoms with Crippen molar-refractivity contribution >= 4 is 68.9 Å². The van der Waals surface area contributed by atoms with E-state index in [0.29, 0.717) is 0 Å². The summed E-state index contributed by atoms with van der Waals surface area (Å²) in [5, 5.41) is 0. The Bertz CT molecular complexity index is 1720. The van der Waals surface area contributed by atoms with Crippen molar-refractivity contribution in [3.63, 3.8) is 0 Å². The second kappa shape index (κ2) is 11.9. The molecule has 0 saturated heterocycles. The van der Waals surface area contributed by atoms with E-state index in [4.69, 9.17) is 45.2 Å². The van der Waals surface area contributed by atoms with Crippen molar-refractivity contribution < 1.29 is 19.5 Å². The van der Waals surface area contributed by atoms with E-state index in [2.05, 4.69) is 46.1 Å². The van der Waals surface area contributed by atoms with Gasteiger partial charge in [-0.15, -0.1) is 60.5 Å². The molecule has 4 nitrogen and oxygen atoms in total. The molecule has 1 radical (unpaired) electrons. The monoisotopic (exact) mass is 639 g/mol. The topological polar surface area (TPSA) is 54.0 Å². The minimum atomic E-state index is 0. The molecule has 3 aromatic rings. The molecule has 201 valence electrons. The van der Waals surface area contributed by atoms with Crippen molar-refractivity contribution in [2.75, 3.05) is 0 Å². The van der Waals surface area contributed by atoms with E-state index in [1.165, 1.54) is 11.1 Å². The summed E-state index contributed by atoms with van der Waals surface area (Å²) >= 11 is 9.62. The molecule has 8 bridgehead atoms. The largest absolute Gasteiger partial charge is 2.00 e. The van der Waals surface area contributed by atoms with Crippen molar-refractivity contribution in [2.24, 2.45) is 0 Å². The summed E-state index contributed by atoms with van der Waals surface area (Å²) in [6.45, 7) is 16.2. The Kier molecular flexibility index (Phi) is 8.95. The predicted octanol–water partition coefficient (Wildman–Crippen LogP) is 8.31. The van der Waals surface area contributed by atoms with Gasteiger partial charge in [0, 0.05) is 4.91 Å². The number of thiol groups is 2. The van der Waals surface area contributed by atoms with Crippen molar-refractivity contribution in [3.05, 3.63) is 89.0 Å². The maximum atomic E-state index is 5.11. The Hall–Kier alpha value is -2.60. The summed E-state index contributed by atoms with van der Waals surface area (Å²) < 4.78 is 0. The molecule has 39 heavy (non-hydrogen) atoms. The van der Waals surface area contributed by atoms with E-state index in [9.17, 15) is 0 Å². The van der Waals surface area contributed by atoms with Gasteiger partial charge in [0.25, 0.3) is 0 Å². The van der Waals surface area contributed by atoms with Crippen LogP contribution < -0.4 is 9.97 Å². The molecule has 3 aromatic heterocycles. The molecular formula is C32H32N4RhS2. The van der Waals surface area contributed by atoms with Gasteiger partial charge >= 0.3 is 19.5 Å². The summed E-state index contributed by atoms with van der Waals surface area (Å²) in [6.07, 6.45) is 7.41. The van der Waals surface area contributed by atoms with Gasteiger partial charge in [0.15, 0.2) is 0 Å². The molecule has 0 N–H and O–H groups in total. The smallest absolute Gasteiger partial charge is 0.657 e. The van der Waals surface area contributed by atoms with Crippen LogP contribution in [0.25, 0.3) is 43.7 Å². The second-order valence-corrected chi connectivity index (χ2v) is 10.8. The van der Waals surface area contributed by atoms with Crippen LogP contribution in [0, 0.1) is 13.8 Å². The molecule has 5 rings (SSSR count). The molecule has 0 spiro atoms. The molecule has 5 heterocycles. The fourth-order valence-corrected chi connectivity index (χ4v) is 5.52. The normalized spacial score (nSPS) is 13.1. The zero-order valence-corrected chi connectivity index (χ0v) is 26.2. The zero-order chi connectivity index (χ0) is 27.1. The quantitative estimate of drug-likeness (QED) is 0.162. The fraction of sp³-hybridized carbons (Fsp3) is 0.250. The number of nitrogens with zero attached hydrogens (tertiary/aromatic N) is 4. The Morgan fingerprint density at radius 1 is 0.692 bits per heavy atom. The van der Waals surface area contributed by atoms with Crippen molar-refractivity contribution in [1.29, 1.82) is 0 Å². The van der Waals surface area contributed by atoms with Crippen LogP contribution in [0.3, 0.4) is 0 Å². The van der Waals surface area contributed by atoms with Crippen LogP contribution in [0.4, 0.5) is 0 Å². The molecule has 7 heteroatoms. The van der Waals surface area contributed by atoms with Crippen LogP contribution >= 0.6 is 25.3 Å². The Balaban J connectivity index is 0.00000353. The SMILES string of the molecule is C=CCCC1=C(C)c2cc3[n-]c(cc4nc(cc5[n-]c(cc1n2)c(CCC=C)c5C)C(C)=C4S)c(C)c3S.[Rh+2]. The third kappa shape index (κ3) is 5.42. The summed E-state index contributed by atoms with van der Waals surface area (Å²) in [5.74, 6) is 0. The number of hydrogen-bond acceptors (Lipinski definition) is 4. The predicted molar refractivity (Wildman–Crippen MR) is 168 cm³/mol. The van der Waals surface area contributed by atoms with Crippen molar-refractivity contribution in [1.82, 2.24) is 19.9 Å². The third-order valence-electron chi connectivity index (χ3n) is 7.51. The number of aryl methyl sites for hydroxylation is 3. The molecule has 0 aromatic carbocycles. The van der Waals surface area contributed by atoms with Gasteiger partial charge in [0.1, 0.15) is 0 Å². The van der Waals surface area contributed by atoms with Crippen LogP contribution in [-0.4, -0.2) is 9.97 Å². The van der Waals surface area contributed by atoms with Crippen LogP contribution in [0.15, 0.2) is 54.5 Å². The van der Waals surface area contributed by atoms with Gasteiger partial charge < -0.3 is 9.97 Å².